The Kier molecular flexibility index (Phi) is 4.01. The summed E-state index contributed by atoms with van der Waals surface area (Å²) in [7, 11) is 0. The number of fused-ring (bicyclic) bond motifs is 1. The summed E-state index contributed by atoms with van der Waals surface area (Å²) in [5, 5.41) is 4.32. The van der Waals surface area contributed by atoms with Crippen LogP contribution in [0.2, 0.25) is 0 Å². The SMILES string of the molecule is Cc1ccc2nc(NC(=O)NC(=O)C(C)Cl)sc2c1. The summed E-state index contributed by atoms with van der Waals surface area (Å²) in [5.41, 5.74) is 1.93. The molecule has 100 valence electrons. The number of carbonyl (C=O) groups is 2. The van der Waals surface area contributed by atoms with Crippen molar-refractivity contribution in [2.75, 3.05) is 5.32 Å². The smallest absolute Gasteiger partial charge is 0.283 e. The first-order chi connectivity index (χ1) is 8.95. The van der Waals surface area contributed by atoms with E-state index in [0.717, 1.165) is 15.8 Å². The highest BCUT2D eigenvalue weighted by Crippen LogP contribution is 2.26. The number of carbonyl (C=O) groups excluding carboxylic acids is 2. The molecular weight excluding hydrogens is 286 g/mol. The van der Waals surface area contributed by atoms with E-state index in [2.05, 4.69) is 15.6 Å². The standard InChI is InChI=1S/C12H12ClN3O2S/c1-6-3-4-8-9(5-6)19-12(14-8)16-11(18)15-10(17)7(2)13/h3-5,7H,1-2H3,(H2,14,15,16,17,18). The minimum atomic E-state index is -0.760. The lowest BCUT2D eigenvalue weighted by Crippen LogP contribution is -2.38. The van der Waals surface area contributed by atoms with Crippen LogP contribution in [0, 0.1) is 6.92 Å². The maximum absolute atomic E-state index is 11.5. The predicted molar refractivity (Wildman–Crippen MR) is 76.8 cm³/mol. The summed E-state index contributed by atoms with van der Waals surface area (Å²) in [6.07, 6.45) is 0. The molecule has 0 saturated carbocycles. The van der Waals surface area contributed by atoms with Gasteiger partial charge in [0.1, 0.15) is 5.38 Å². The van der Waals surface area contributed by atoms with E-state index in [1.165, 1.54) is 18.3 Å². The zero-order valence-electron chi connectivity index (χ0n) is 10.4. The van der Waals surface area contributed by atoms with Gasteiger partial charge < -0.3 is 0 Å². The summed E-state index contributed by atoms with van der Waals surface area (Å²) in [6, 6.07) is 5.19. The molecule has 1 atom stereocenters. The van der Waals surface area contributed by atoms with Crippen LogP contribution >= 0.6 is 22.9 Å². The molecular formula is C12H12ClN3O2S. The van der Waals surface area contributed by atoms with E-state index in [1.807, 2.05) is 25.1 Å². The molecule has 1 aromatic carbocycles. The fourth-order valence-electron chi connectivity index (χ4n) is 1.43. The van der Waals surface area contributed by atoms with Crippen LogP contribution in [0.4, 0.5) is 9.93 Å². The van der Waals surface area contributed by atoms with Gasteiger partial charge in [-0.3, -0.25) is 15.4 Å². The molecule has 19 heavy (non-hydrogen) atoms. The Balaban J connectivity index is 2.09. The zero-order chi connectivity index (χ0) is 14.0. The van der Waals surface area contributed by atoms with Crippen LogP contribution in [-0.4, -0.2) is 22.3 Å². The second-order valence-electron chi connectivity index (χ2n) is 4.05. The molecule has 0 aliphatic rings. The molecule has 0 spiro atoms. The molecule has 1 unspecified atom stereocenters. The van der Waals surface area contributed by atoms with Gasteiger partial charge in [0.05, 0.1) is 10.2 Å². The van der Waals surface area contributed by atoms with Crippen LogP contribution in [-0.2, 0) is 4.79 Å². The molecule has 1 heterocycles. The van der Waals surface area contributed by atoms with E-state index in [0.29, 0.717) is 5.13 Å². The van der Waals surface area contributed by atoms with Crippen LogP contribution in [0.25, 0.3) is 10.2 Å². The molecule has 3 amide bonds. The van der Waals surface area contributed by atoms with Crippen LogP contribution in [0.15, 0.2) is 18.2 Å². The lowest BCUT2D eigenvalue weighted by atomic mass is 10.2. The number of amides is 3. The average Bonchev–Trinajstić information content (AvgIpc) is 2.69. The van der Waals surface area contributed by atoms with Crippen molar-refractivity contribution in [2.24, 2.45) is 0 Å². The summed E-state index contributed by atoms with van der Waals surface area (Å²) in [4.78, 5) is 27.0. The molecule has 0 bridgehead atoms. The molecule has 1 aromatic heterocycles. The summed E-state index contributed by atoms with van der Waals surface area (Å²) in [6.45, 7) is 3.48. The molecule has 2 aromatic rings. The number of thiazole rings is 1. The van der Waals surface area contributed by atoms with Crippen molar-refractivity contribution < 1.29 is 9.59 Å². The minimum Gasteiger partial charge on any atom is -0.283 e. The highest BCUT2D eigenvalue weighted by molar-refractivity contribution is 7.22. The molecule has 0 aliphatic heterocycles. The first kappa shape index (κ1) is 13.8. The average molecular weight is 298 g/mol. The largest absolute Gasteiger partial charge is 0.327 e. The maximum atomic E-state index is 11.5. The quantitative estimate of drug-likeness (QED) is 0.837. The minimum absolute atomic E-state index is 0.438. The Bertz CT molecular complexity index is 639. The van der Waals surface area contributed by atoms with Gasteiger partial charge >= 0.3 is 6.03 Å². The first-order valence-corrected chi connectivity index (χ1v) is 6.84. The monoisotopic (exact) mass is 297 g/mol. The number of halogens is 1. The van der Waals surface area contributed by atoms with E-state index in [1.54, 1.807) is 0 Å². The zero-order valence-corrected chi connectivity index (χ0v) is 11.9. The number of benzene rings is 1. The van der Waals surface area contributed by atoms with Crippen molar-refractivity contribution >= 4 is 50.2 Å². The lowest BCUT2D eigenvalue weighted by Gasteiger charge is -2.04. The first-order valence-electron chi connectivity index (χ1n) is 5.59. The van der Waals surface area contributed by atoms with Gasteiger partial charge in [-0.05, 0) is 31.5 Å². The number of imide groups is 1. The van der Waals surface area contributed by atoms with Crippen LogP contribution in [0.3, 0.4) is 0 Å². The number of anilines is 1. The Morgan fingerprint density at radius 2 is 2.16 bits per heavy atom. The van der Waals surface area contributed by atoms with E-state index in [4.69, 9.17) is 11.6 Å². The van der Waals surface area contributed by atoms with Gasteiger partial charge in [-0.25, -0.2) is 9.78 Å². The van der Waals surface area contributed by atoms with Gasteiger partial charge in [-0.15, -0.1) is 11.6 Å². The molecule has 5 nitrogen and oxygen atoms in total. The predicted octanol–water partition coefficient (Wildman–Crippen LogP) is 2.88. The molecule has 2 N–H and O–H groups in total. The molecule has 0 saturated heterocycles. The topological polar surface area (TPSA) is 71.1 Å². The fraction of sp³-hybridized carbons (Fsp3) is 0.250. The van der Waals surface area contributed by atoms with E-state index < -0.39 is 17.3 Å². The van der Waals surface area contributed by atoms with Gasteiger partial charge in [0.25, 0.3) is 0 Å². The fourth-order valence-corrected chi connectivity index (χ4v) is 2.44. The Labute approximate surface area is 119 Å². The third-order valence-corrected chi connectivity index (χ3v) is 3.49. The van der Waals surface area contributed by atoms with Crippen molar-refractivity contribution in [3.05, 3.63) is 23.8 Å². The molecule has 0 aliphatic carbocycles. The highest BCUT2D eigenvalue weighted by atomic mass is 35.5. The van der Waals surface area contributed by atoms with Gasteiger partial charge in [-0.1, -0.05) is 17.4 Å². The number of aromatic nitrogens is 1. The second kappa shape index (κ2) is 5.54. The van der Waals surface area contributed by atoms with E-state index in [9.17, 15) is 9.59 Å². The van der Waals surface area contributed by atoms with Gasteiger partial charge in [0.2, 0.25) is 5.91 Å². The van der Waals surface area contributed by atoms with Crippen molar-refractivity contribution in [1.29, 1.82) is 0 Å². The van der Waals surface area contributed by atoms with Crippen molar-refractivity contribution in [2.45, 2.75) is 19.2 Å². The van der Waals surface area contributed by atoms with E-state index in [-0.39, 0.29) is 0 Å². The summed E-state index contributed by atoms with van der Waals surface area (Å²) < 4.78 is 0.979. The van der Waals surface area contributed by atoms with Crippen LogP contribution < -0.4 is 10.6 Å². The number of hydrogen-bond acceptors (Lipinski definition) is 4. The van der Waals surface area contributed by atoms with E-state index >= 15 is 0 Å². The third-order valence-electron chi connectivity index (χ3n) is 2.36. The second-order valence-corrected chi connectivity index (χ2v) is 5.73. The number of urea groups is 1. The highest BCUT2D eigenvalue weighted by Gasteiger charge is 2.14. The summed E-state index contributed by atoms with van der Waals surface area (Å²) in [5.74, 6) is -0.545. The normalized spacial score (nSPS) is 12.2. The van der Waals surface area contributed by atoms with Gasteiger partial charge in [-0.2, -0.15) is 0 Å². The number of nitrogens with zero attached hydrogens (tertiary/aromatic N) is 1. The molecule has 2 rings (SSSR count). The van der Waals surface area contributed by atoms with Gasteiger partial charge in [0.15, 0.2) is 5.13 Å². The molecule has 7 heteroatoms. The van der Waals surface area contributed by atoms with Gasteiger partial charge in [0, 0.05) is 0 Å². The lowest BCUT2D eigenvalue weighted by molar-refractivity contribution is -0.119. The third kappa shape index (κ3) is 3.42. The number of rotatable bonds is 2. The van der Waals surface area contributed by atoms with Crippen LogP contribution in [0.1, 0.15) is 12.5 Å². The maximum Gasteiger partial charge on any atom is 0.327 e. The van der Waals surface area contributed by atoms with Crippen molar-refractivity contribution in [3.8, 4) is 0 Å². The van der Waals surface area contributed by atoms with Crippen molar-refractivity contribution in [1.82, 2.24) is 10.3 Å². The number of alkyl halides is 1. The number of hydrogen-bond donors (Lipinski definition) is 2. The number of aryl methyl sites for hydroxylation is 1. The summed E-state index contributed by atoms with van der Waals surface area (Å²) >= 11 is 6.90. The molecule has 0 fully saturated rings. The Morgan fingerprint density at radius 1 is 1.42 bits per heavy atom. The van der Waals surface area contributed by atoms with Crippen LogP contribution in [0.5, 0.6) is 0 Å². The Morgan fingerprint density at radius 3 is 2.84 bits per heavy atom. The van der Waals surface area contributed by atoms with Crippen molar-refractivity contribution in [3.63, 3.8) is 0 Å². The Hall–Kier alpha value is -1.66. The molecule has 0 radical (unpaired) electrons. The number of nitrogens with one attached hydrogen (secondary N) is 2.